The Morgan fingerprint density at radius 3 is 2.21 bits per heavy atom. The second-order valence-corrected chi connectivity index (χ2v) is 12.9. The first kappa shape index (κ1) is 18.3. The maximum Gasteiger partial charge on any atom is 0.249 e. The average molecular weight is 342 g/mol. The molecule has 5 heteroatoms. The topological polar surface area (TPSA) is 71.8 Å². The summed E-state index contributed by atoms with van der Waals surface area (Å²) in [5.41, 5.74) is 12.9. The lowest BCUT2D eigenvalue weighted by Crippen LogP contribution is -2.43. The van der Waals surface area contributed by atoms with Crippen molar-refractivity contribution < 1.29 is 4.79 Å². The van der Waals surface area contributed by atoms with Crippen LogP contribution in [0.2, 0.25) is 16.6 Å². The van der Waals surface area contributed by atoms with E-state index in [0.29, 0.717) is 27.8 Å². The molecule has 128 valence electrons. The van der Waals surface area contributed by atoms with Gasteiger partial charge in [-0.3, -0.25) is 9.89 Å². The number of aromatic amines is 1. The molecule has 0 fully saturated rings. The molecule has 0 aliphatic heterocycles. The molecule has 24 heavy (non-hydrogen) atoms. The van der Waals surface area contributed by atoms with Gasteiger partial charge in [-0.1, -0.05) is 47.5 Å². The summed E-state index contributed by atoms with van der Waals surface area (Å²) < 4.78 is 0. The van der Waals surface area contributed by atoms with Gasteiger partial charge in [0.15, 0.2) is 0 Å². The van der Waals surface area contributed by atoms with Crippen molar-refractivity contribution in [3.05, 3.63) is 29.5 Å². The molecule has 0 saturated heterocycles. The molecule has 0 saturated carbocycles. The van der Waals surface area contributed by atoms with E-state index in [2.05, 4.69) is 63.2 Å². The molecule has 0 aliphatic rings. The number of primary amides is 1. The Labute approximate surface area is 145 Å². The van der Waals surface area contributed by atoms with Gasteiger partial charge in [-0.15, -0.1) is 5.54 Å². The Balaban J connectivity index is 2.72. The predicted molar refractivity (Wildman–Crippen MR) is 103 cm³/mol. The number of rotatable bonds is 4. The quantitative estimate of drug-likeness (QED) is 0.645. The fourth-order valence-electron chi connectivity index (χ4n) is 3.96. The molecule has 1 aromatic carbocycles. The molecular weight excluding hydrogens is 314 g/mol. The molecular formula is C19H27N3OSi. The lowest BCUT2D eigenvalue weighted by molar-refractivity contribution is 0.1000. The van der Waals surface area contributed by atoms with Crippen LogP contribution in [-0.4, -0.2) is 24.2 Å². The largest absolute Gasteiger partial charge is 0.366 e. The van der Waals surface area contributed by atoms with Gasteiger partial charge in [0.05, 0.1) is 17.3 Å². The molecule has 0 radical (unpaired) electrons. The minimum absolute atomic E-state index is 0.451. The highest BCUT2D eigenvalue weighted by atomic mass is 28.3. The second kappa shape index (κ2) is 6.82. The molecule has 0 unspecified atom stereocenters. The van der Waals surface area contributed by atoms with Crippen LogP contribution < -0.4 is 5.73 Å². The van der Waals surface area contributed by atoms with Gasteiger partial charge in [-0.25, -0.2) is 0 Å². The van der Waals surface area contributed by atoms with Crippen molar-refractivity contribution in [3.8, 4) is 11.5 Å². The monoisotopic (exact) mass is 341 g/mol. The van der Waals surface area contributed by atoms with Crippen molar-refractivity contribution in [3.63, 3.8) is 0 Å². The summed E-state index contributed by atoms with van der Waals surface area (Å²) in [5, 5.41) is 7.87. The molecule has 0 atom stereocenters. The van der Waals surface area contributed by atoms with Gasteiger partial charge in [0.25, 0.3) is 0 Å². The van der Waals surface area contributed by atoms with Crippen LogP contribution in [0.1, 0.15) is 57.5 Å². The Bertz CT molecular complexity index is 787. The highest BCUT2D eigenvalue weighted by Crippen LogP contribution is 2.40. The van der Waals surface area contributed by atoms with Crippen LogP contribution in [0.4, 0.5) is 0 Å². The van der Waals surface area contributed by atoms with Crippen LogP contribution in [0.3, 0.4) is 0 Å². The molecule has 2 rings (SSSR count). The van der Waals surface area contributed by atoms with Gasteiger partial charge in [0.1, 0.15) is 8.07 Å². The molecule has 3 N–H and O–H groups in total. The summed E-state index contributed by atoms with van der Waals surface area (Å²) in [6.07, 6.45) is 1.72. The van der Waals surface area contributed by atoms with Crippen LogP contribution >= 0.6 is 0 Å². The van der Waals surface area contributed by atoms with Gasteiger partial charge in [0.2, 0.25) is 5.91 Å². The van der Waals surface area contributed by atoms with E-state index in [-0.39, 0.29) is 0 Å². The predicted octanol–water partition coefficient (Wildman–Crippen LogP) is 4.23. The number of nitrogens with two attached hydrogens (primary N) is 1. The Hall–Kier alpha value is -2.06. The number of hydrogen-bond donors (Lipinski definition) is 2. The van der Waals surface area contributed by atoms with Crippen molar-refractivity contribution in [2.75, 3.05) is 0 Å². The van der Waals surface area contributed by atoms with Crippen molar-refractivity contribution >= 4 is 24.9 Å². The lowest BCUT2D eigenvalue weighted by Gasteiger charge is -2.38. The Kier molecular flexibility index (Phi) is 5.19. The minimum atomic E-state index is -1.88. The molecule has 0 bridgehead atoms. The molecule has 2 aromatic rings. The highest BCUT2D eigenvalue weighted by molar-refractivity contribution is 6.90. The van der Waals surface area contributed by atoms with E-state index in [1.807, 2.05) is 6.07 Å². The van der Waals surface area contributed by atoms with Crippen molar-refractivity contribution in [2.24, 2.45) is 5.73 Å². The van der Waals surface area contributed by atoms with E-state index in [0.717, 1.165) is 10.9 Å². The molecule has 1 heterocycles. The van der Waals surface area contributed by atoms with Crippen LogP contribution in [0, 0.1) is 11.5 Å². The average Bonchev–Trinajstić information content (AvgIpc) is 2.94. The Morgan fingerprint density at radius 1 is 1.12 bits per heavy atom. The zero-order valence-corrected chi connectivity index (χ0v) is 16.4. The smallest absolute Gasteiger partial charge is 0.249 e. The first-order valence-corrected chi connectivity index (χ1v) is 10.7. The lowest BCUT2D eigenvalue weighted by atomic mass is 10.0. The summed E-state index contributed by atoms with van der Waals surface area (Å²) in [5.74, 6) is 2.91. The molecule has 1 amide bonds. The number of hydrogen-bond acceptors (Lipinski definition) is 2. The number of nitrogens with one attached hydrogen (secondary N) is 1. The van der Waals surface area contributed by atoms with Gasteiger partial charge in [0, 0.05) is 10.9 Å². The molecule has 4 nitrogen and oxygen atoms in total. The zero-order valence-electron chi connectivity index (χ0n) is 15.4. The molecule has 1 aromatic heterocycles. The van der Waals surface area contributed by atoms with Crippen molar-refractivity contribution in [1.29, 1.82) is 0 Å². The van der Waals surface area contributed by atoms with E-state index in [9.17, 15) is 4.79 Å². The summed E-state index contributed by atoms with van der Waals surface area (Å²) in [6.45, 7) is 13.6. The summed E-state index contributed by atoms with van der Waals surface area (Å²) in [4.78, 5) is 11.8. The van der Waals surface area contributed by atoms with Crippen LogP contribution in [0.5, 0.6) is 0 Å². The van der Waals surface area contributed by atoms with Gasteiger partial charge < -0.3 is 5.73 Å². The first-order valence-electron chi connectivity index (χ1n) is 8.50. The molecule has 0 aliphatic carbocycles. The van der Waals surface area contributed by atoms with E-state index >= 15 is 0 Å². The van der Waals surface area contributed by atoms with Crippen molar-refractivity contribution in [2.45, 2.75) is 58.2 Å². The third-order valence-corrected chi connectivity index (χ3v) is 11.4. The third kappa shape index (κ3) is 2.99. The maximum absolute atomic E-state index is 11.8. The summed E-state index contributed by atoms with van der Waals surface area (Å²) in [7, 11) is -1.88. The Morgan fingerprint density at radius 2 is 1.71 bits per heavy atom. The summed E-state index contributed by atoms with van der Waals surface area (Å²) in [6, 6.07) is 3.56. The van der Waals surface area contributed by atoms with Gasteiger partial charge >= 0.3 is 0 Å². The molecule has 0 spiro atoms. The van der Waals surface area contributed by atoms with E-state index in [4.69, 9.17) is 5.73 Å². The van der Waals surface area contributed by atoms with E-state index < -0.39 is 14.0 Å². The fraction of sp³-hybridized carbons (Fsp3) is 0.474. The van der Waals surface area contributed by atoms with E-state index in [1.165, 1.54) is 0 Å². The van der Waals surface area contributed by atoms with Crippen LogP contribution in [-0.2, 0) is 0 Å². The number of fused-ring (bicyclic) bond motifs is 1. The normalized spacial score (nSPS) is 12.0. The number of amides is 1. The highest BCUT2D eigenvalue weighted by Gasteiger charge is 2.41. The number of benzene rings is 1. The zero-order chi connectivity index (χ0) is 18.1. The summed E-state index contributed by atoms with van der Waals surface area (Å²) >= 11 is 0. The van der Waals surface area contributed by atoms with Crippen molar-refractivity contribution in [1.82, 2.24) is 10.2 Å². The minimum Gasteiger partial charge on any atom is -0.366 e. The first-order chi connectivity index (χ1) is 11.2. The third-order valence-electron chi connectivity index (χ3n) is 5.16. The number of aromatic nitrogens is 2. The number of nitrogens with zero attached hydrogens (tertiary/aromatic N) is 1. The number of carbonyl (C=O) groups excluding carboxylic acids is 1. The van der Waals surface area contributed by atoms with Crippen LogP contribution in [0.15, 0.2) is 18.3 Å². The van der Waals surface area contributed by atoms with Gasteiger partial charge in [-0.2, -0.15) is 5.10 Å². The maximum atomic E-state index is 11.8. The SMILES string of the molecule is CC(C)[Si](C#Cc1c(C(N)=O)ccc2[nH]ncc12)(C(C)C)C(C)C. The van der Waals surface area contributed by atoms with E-state index in [1.54, 1.807) is 12.3 Å². The fourth-order valence-corrected chi connectivity index (χ4v) is 9.17. The number of H-pyrrole nitrogens is 1. The van der Waals surface area contributed by atoms with Gasteiger partial charge in [-0.05, 0) is 28.8 Å². The van der Waals surface area contributed by atoms with Crippen LogP contribution in [0.25, 0.3) is 10.9 Å². The standard InChI is InChI=1S/C19H27N3OSi/c1-12(2)24(13(3)4,14(5)6)10-9-15-16(19(20)23)7-8-18-17(15)11-21-22-18/h7-8,11-14H,1-6H3,(H2,20,23)(H,21,22). The second-order valence-electron chi connectivity index (χ2n) is 7.33. The number of carbonyl (C=O) groups is 1.